The average molecular weight is 264 g/mol. The van der Waals surface area contributed by atoms with E-state index in [1.165, 1.54) is 0 Å². The summed E-state index contributed by atoms with van der Waals surface area (Å²) in [6.45, 7) is 0. The zero-order chi connectivity index (χ0) is 11.7. The van der Waals surface area contributed by atoms with Gasteiger partial charge in [-0.25, -0.2) is 9.97 Å². The fourth-order valence-corrected chi connectivity index (χ4v) is 2.83. The van der Waals surface area contributed by atoms with Crippen LogP contribution in [0.3, 0.4) is 0 Å². The van der Waals surface area contributed by atoms with Crippen LogP contribution in [0, 0.1) is 0 Å². The van der Waals surface area contributed by atoms with Gasteiger partial charge in [0.2, 0.25) is 0 Å². The lowest BCUT2D eigenvalue weighted by Crippen LogP contribution is -1.85. The predicted molar refractivity (Wildman–Crippen MR) is 71.6 cm³/mol. The van der Waals surface area contributed by atoms with Crippen molar-refractivity contribution in [2.45, 2.75) is 6.42 Å². The van der Waals surface area contributed by atoms with Crippen molar-refractivity contribution in [3.8, 4) is 11.3 Å². The highest BCUT2D eigenvalue weighted by atomic mass is 35.5. The lowest BCUT2D eigenvalue weighted by Gasteiger charge is -1.96. The third kappa shape index (κ3) is 2.06. The topological polar surface area (TPSA) is 41.6 Å². The molecular formula is C12H10ClN3S. The highest BCUT2D eigenvalue weighted by molar-refractivity contribution is 7.10. The van der Waals surface area contributed by atoms with Crippen molar-refractivity contribution >= 4 is 34.0 Å². The maximum Gasteiger partial charge on any atom is 0.0944 e. The summed E-state index contributed by atoms with van der Waals surface area (Å²) in [4.78, 5) is 11.9. The van der Waals surface area contributed by atoms with Crippen molar-refractivity contribution in [2.75, 3.05) is 5.88 Å². The molecule has 0 atom stereocenters. The number of fused-ring (bicyclic) bond motifs is 1. The second-order valence-corrected chi connectivity index (χ2v) is 5.02. The number of nitrogens with one attached hydrogen (secondary N) is 1. The van der Waals surface area contributed by atoms with E-state index in [-0.39, 0.29) is 0 Å². The van der Waals surface area contributed by atoms with E-state index in [0.717, 1.165) is 33.7 Å². The third-order valence-corrected chi connectivity index (χ3v) is 3.67. The molecule has 0 fully saturated rings. The largest absolute Gasteiger partial charge is 0.345 e. The number of nitrogens with zero attached hydrogens (tertiary/aromatic N) is 2. The van der Waals surface area contributed by atoms with E-state index in [1.807, 2.05) is 12.1 Å². The van der Waals surface area contributed by atoms with Gasteiger partial charge >= 0.3 is 0 Å². The lowest BCUT2D eigenvalue weighted by molar-refractivity contribution is 1.10. The molecule has 0 radical (unpaired) electrons. The number of aromatic amines is 1. The molecule has 3 rings (SSSR count). The molecule has 0 unspecified atom stereocenters. The first kappa shape index (κ1) is 10.7. The van der Waals surface area contributed by atoms with Crippen LogP contribution in [-0.4, -0.2) is 20.8 Å². The highest BCUT2D eigenvalue weighted by Gasteiger charge is 2.05. The van der Waals surface area contributed by atoms with E-state index >= 15 is 0 Å². The number of hydrogen-bond donors (Lipinski definition) is 1. The molecule has 0 amide bonds. The first-order valence-electron chi connectivity index (χ1n) is 5.31. The molecule has 0 aliphatic rings. The molecule has 2 aromatic heterocycles. The Morgan fingerprint density at radius 2 is 2.29 bits per heavy atom. The minimum atomic E-state index is 0.618. The Morgan fingerprint density at radius 1 is 1.35 bits per heavy atom. The van der Waals surface area contributed by atoms with Crippen LogP contribution in [0.4, 0.5) is 0 Å². The fourth-order valence-electron chi connectivity index (χ4n) is 1.73. The second-order valence-electron chi connectivity index (χ2n) is 3.70. The van der Waals surface area contributed by atoms with E-state index in [1.54, 1.807) is 17.7 Å². The summed E-state index contributed by atoms with van der Waals surface area (Å²) in [6, 6.07) is 6.12. The minimum Gasteiger partial charge on any atom is -0.345 e. The Hall–Kier alpha value is -1.39. The van der Waals surface area contributed by atoms with Crippen molar-refractivity contribution < 1.29 is 0 Å². The lowest BCUT2D eigenvalue weighted by atomic mass is 10.1. The summed E-state index contributed by atoms with van der Waals surface area (Å²) in [7, 11) is 0. The van der Waals surface area contributed by atoms with E-state index in [9.17, 15) is 0 Å². The SMILES string of the molecule is ClCCc1nc(-c2ccc3nc[nH]c3c2)cs1. The number of hydrogen-bond acceptors (Lipinski definition) is 3. The van der Waals surface area contributed by atoms with E-state index in [2.05, 4.69) is 26.4 Å². The van der Waals surface area contributed by atoms with Gasteiger partial charge in [0.1, 0.15) is 0 Å². The number of rotatable bonds is 3. The number of alkyl halides is 1. The van der Waals surface area contributed by atoms with Crippen LogP contribution in [0.1, 0.15) is 5.01 Å². The van der Waals surface area contributed by atoms with Crippen LogP contribution in [0.15, 0.2) is 29.9 Å². The molecule has 86 valence electrons. The summed E-state index contributed by atoms with van der Waals surface area (Å²) in [6.07, 6.45) is 2.53. The first-order chi connectivity index (χ1) is 8.36. The normalized spacial score (nSPS) is 11.1. The van der Waals surface area contributed by atoms with Crippen LogP contribution in [0.2, 0.25) is 0 Å². The van der Waals surface area contributed by atoms with Gasteiger partial charge in [0.05, 0.1) is 28.1 Å². The molecular weight excluding hydrogens is 254 g/mol. The van der Waals surface area contributed by atoms with Gasteiger partial charge in [0, 0.05) is 23.2 Å². The monoisotopic (exact) mass is 263 g/mol. The molecule has 2 heterocycles. The van der Waals surface area contributed by atoms with E-state index in [0.29, 0.717) is 5.88 Å². The Labute approximate surface area is 107 Å². The molecule has 1 N–H and O–H groups in total. The van der Waals surface area contributed by atoms with Gasteiger partial charge in [0.25, 0.3) is 0 Å². The van der Waals surface area contributed by atoms with Gasteiger partial charge in [-0.05, 0) is 12.1 Å². The fraction of sp³-hybridized carbons (Fsp3) is 0.167. The molecule has 0 aliphatic heterocycles. The number of H-pyrrole nitrogens is 1. The number of halogens is 1. The van der Waals surface area contributed by atoms with Gasteiger partial charge in [-0.15, -0.1) is 22.9 Å². The Kier molecular flexibility index (Phi) is 2.82. The van der Waals surface area contributed by atoms with Crippen LogP contribution >= 0.6 is 22.9 Å². The summed E-state index contributed by atoms with van der Waals surface area (Å²) in [5.41, 5.74) is 4.13. The van der Waals surface area contributed by atoms with Crippen molar-refractivity contribution in [2.24, 2.45) is 0 Å². The summed E-state index contributed by atoms with van der Waals surface area (Å²) < 4.78 is 0. The molecule has 0 bridgehead atoms. The average Bonchev–Trinajstić information content (AvgIpc) is 2.96. The first-order valence-corrected chi connectivity index (χ1v) is 6.72. The van der Waals surface area contributed by atoms with Crippen LogP contribution in [0.25, 0.3) is 22.3 Å². The third-order valence-electron chi connectivity index (χ3n) is 2.58. The Morgan fingerprint density at radius 3 is 3.18 bits per heavy atom. The zero-order valence-electron chi connectivity index (χ0n) is 8.98. The highest BCUT2D eigenvalue weighted by Crippen LogP contribution is 2.24. The second kappa shape index (κ2) is 4.47. The predicted octanol–water partition coefficient (Wildman–Crippen LogP) is 3.47. The zero-order valence-corrected chi connectivity index (χ0v) is 10.6. The molecule has 3 nitrogen and oxygen atoms in total. The molecule has 1 aromatic carbocycles. The van der Waals surface area contributed by atoms with Gasteiger partial charge in [-0.3, -0.25) is 0 Å². The van der Waals surface area contributed by atoms with Crippen molar-refractivity contribution in [3.05, 3.63) is 34.9 Å². The summed E-state index contributed by atoms with van der Waals surface area (Å²) >= 11 is 7.36. The van der Waals surface area contributed by atoms with Gasteiger partial charge < -0.3 is 4.98 Å². The van der Waals surface area contributed by atoms with Gasteiger partial charge in [-0.1, -0.05) is 6.07 Å². The van der Waals surface area contributed by atoms with Crippen molar-refractivity contribution in [1.29, 1.82) is 0 Å². The van der Waals surface area contributed by atoms with E-state index < -0.39 is 0 Å². The number of aryl methyl sites for hydroxylation is 1. The molecule has 0 spiro atoms. The molecule has 3 aromatic rings. The number of benzene rings is 1. The Balaban J connectivity index is 2.00. The maximum absolute atomic E-state index is 5.71. The minimum absolute atomic E-state index is 0.618. The summed E-state index contributed by atoms with van der Waals surface area (Å²) in [5.74, 6) is 0.618. The molecule has 0 saturated carbocycles. The van der Waals surface area contributed by atoms with Gasteiger partial charge in [0.15, 0.2) is 0 Å². The van der Waals surface area contributed by atoms with Crippen LogP contribution < -0.4 is 0 Å². The number of imidazole rings is 1. The van der Waals surface area contributed by atoms with Crippen molar-refractivity contribution in [3.63, 3.8) is 0 Å². The molecule has 0 saturated heterocycles. The molecule has 0 aliphatic carbocycles. The summed E-state index contributed by atoms with van der Waals surface area (Å²) in [5, 5.41) is 3.15. The smallest absolute Gasteiger partial charge is 0.0944 e. The standard InChI is InChI=1S/C12H10ClN3S/c13-4-3-12-16-11(6-17-12)8-1-2-9-10(5-8)15-7-14-9/h1-2,5-7H,3-4H2,(H,14,15). The molecule has 5 heteroatoms. The van der Waals surface area contributed by atoms with Crippen LogP contribution in [0.5, 0.6) is 0 Å². The number of aromatic nitrogens is 3. The maximum atomic E-state index is 5.71. The number of thiazole rings is 1. The Bertz CT molecular complexity index is 644. The van der Waals surface area contributed by atoms with Crippen LogP contribution in [-0.2, 0) is 6.42 Å². The molecule has 17 heavy (non-hydrogen) atoms. The van der Waals surface area contributed by atoms with Gasteiger partial charge in [-0.2, -0.15) is 0 Å². The quantitative estimate of drug-likeness (QED) is 0.735. The van der Waals surface area contributed by atoms with Crippen molar-refractivity contribution in [1.82, 2.24) is 15.0 Å². The van der Waals surface area contributed by atoms with E-state index in [4.69, 9.17) is 11.6 Å².